The Hall–Kier alpha value is -1.32. The number of carbonyl (C=O) groups excluding carboxylic acids is 2. The number of rotatable bonds is 4. The Kier molecular flexibility index (Phi) is 4.77. The van der Waals surface area contributed by atoms with E-state index in [9.17, 15) is 9.59 Å². The molecule has 0 aromatic carbocycles. The van der Waals surface area contributed by atoms with E-state index < -0.39 is 6.04 Å². The van der Waals surface area contributed by atoms with Gasteiger partial charge >= 0.3 is 0 Å². The minimum atomic E-state index is -0.455. The first-order valence-electron chi connectivity index (χ1n) is 6.90. The van der Waals surface area contributed by atoms with E-state index in [0.717, 1.165) is 0 Å². The zero-order valence-electron chi connectivity index (χ0n) is 12.7. The summed E-state index contributed by atoms with van der Waals surface area (Å²) in [6.07, 6.45) is 2.37. The number of nitrogens with zero attached hydrogens (tertiary/aromatic N) is 1. The molecule has 0 aliphatic carbocycles. The fourth-order valence-corrected chi connectivity index (χ4v) is 2.39. The average Bonchev–Trinajstić information content (AvgIpc) is 2.26. The zero-order chi connectivity index (χ0) is 14.8. The minimum Gasteiger partial charge on any atom is -0.342 e. The molecular weight excluding hydrogens is 240 g/mol. The lowest BCUT2D eigenvalue weighted by molar-refractivity contribution is -0.152. The van der Waals surface area contributed by atoms with Crippen molar-refractivity contribution in [2.24, 2.45) is 11.3 Å². The molecule has 0 radical (unpaired) electrons. The Bertz CT molecular complexity index is 369. The molecule has 1 heterocycles. The van der Waals surface area contributed by atoms with Crippen LogP contribution in [-0.4, -0.2) is 35.3 Å². The first-order chi connectivity index (χ1) is 8.68. The summed E-state index contributed by atoms with van der Waals surface area (Å²) < 4.78 is 0. The zero-order valence-corrected chi connectivity index (χ0v) is 12.7. The standard InChI is InChI=1S/C15H26N2O2/c1-7-8-17-11(9-10(2)3)13(18)16-12(14(17)19)15(4,5)6/h7,10-12H,1,8-9H2,2-6H3,(H,16,18). The van der Waals surface area contributed by atoms with E-state index in [1.807, 2.05) is 20.8 Å². The van der Waals surface area contributed by atoms with Gasteiger partial charge < -0.3 is 10.2 Å². The first-order valence-corrected chi connectivity index (χ1v) is 6.90. The average molecular weight is 266 g/mol. The lowest BCUT2D eigenvalue weighted by Crippen LogP contribution is -2.66. The lowest BCUT2D eigenvalue weighted by atomic mass is 9.83. The molecule has 19 heavy (non-hydrogen) atoms. The van der Waals surface area contributed by atoms with Crippen molar-refractivity contribution < 1.29 is 9.59 Å². The van der Waals surface area contributed by atoms with Gasteiger partial charge in [-0.1, -0.05) is 40.7 Å². The molecule has 2 amide bonds. The van der Waals surface area contributed by atoms with Crippen LogP contribution in [0.25, 0.3) is 0 Å². The highest BCUT2D eigenvalue weighted by atomic mass is 16.2. The van der Waals surface area contributed by atoms with Crippen LogP contribution in [0, 0.1) is 11.3 Å². The van der Waals surface area contributed by atoms with Gasteiger partial charge in [0.2, 0.25) is 11.8 Å². The molecule has 1 aliphatic heterocycles. The molecule has 1 saturated heterocycles. The number of amides is 2. The molecule has 2 unspecified atom stereocenters. The van der Waals surface area contributed by atoms with Crippen LogP contribution in [0.15, 0.2) is 12.7 Å². The van der Waals surface area contributed by atoms with E-state index in [0.29, 0.717) is 18.9 Å². The molecule has 2 atom stereocenters. The topological polar surface area (TPSA) is 49.4 Å². The third kappa shape index (κ3) is 3.58. The maximum Gasteiger partial charge on any atom is 0.246 e. The monoisotopic (exact) mass is 266 g/mol. The van der Waals surface area contributed by atoms with Crippen molar-refractivity contribution in [1.29, 1.82) is 0 Å². The summed E-state index contributed by atoms with van der Waals surface area (Å²) in [5.74, 6) is 0.315. The van der Waals surface area contributed by atoms with Crippen LogP contribution in [0.3, 0.4) is 0 Å². The second-order valence-corrected chi connectivity index (χ2v) is 6.73. The normalized spacial score (nSPS) is 24.6. The molecule has 1 fully saturated rings. The fraction of sp³-hybridized carbons (Fsp3) is 0.733. The van der Waals surface area contributed by atoms with Gasteiger partial charge in [-0.05, 0) is 17.8 Å². The van der Waals surface area contributed by atoms with Gasteiger partial charge in [0.05, 0.1) is 0 Å². The number of carbonyl (C=O) groups is 2. The third-order valence-corrected chi connectivity index (χ3v) is 3.38. The van der Waals surface area contributed by atoms with Gasteiger partial charge in [-0.25, -0.2) is 0 Å². The van der Waals surface area contributed by atoms with Crippen molar-refractivity contribution in [3.8, 4) is 0 Å². The maximum absolute atomic E-state index is 12.6. The Morgan fingerprint density at radius 1 is 1.37 bits per heavy atom. The number of hydrogen-bond donors (Lipinski definition) is 1. The van der Waals surface area contributed by atoms with Gasteiger partial charge in [-0.2, -0.15) is 0 Å². The van der Waals surface area contributed by atoms with Crippen molar-refractivity contribution in [2.45, 2.75) is 53.1 Å². The summed E-state index contributed by atoms with van der Waals surface area (Å²) in [5, 5.41) is 2.89. The van der Waals surface area contributed by atoms with Crippen molar-refractivity contribution >= 4 is 11.8 Å². The van der Waals surface area contributed by atoms with Crippen LogP contribution in [0.4, 0.5) is 0 Å². The van der Waals surface area contributed by atoms with Gasteiger partial charge in [-0.3, -0.25) is 9.59 Å². The predicted octanol–water partition coefficient (Wildman–Crippen LogP) is 1.96. The summed E-state index contributed by atoms with van der Waals surface area (Å²) in [5.41, 5.74) is -0.283. The highest BCUT2D eigenvalue weighted by Gasteiger charge is 2.44. The molecule has 108 valence electrons. The SMILES string of the molecule is C=CCN1C(=O)C(C(C)(C)C)NC(=O)C1CC(C)C. The van der Waals surface area contributed by atoms with Crippen molar-refractivity contribution in [2.75, 3.05) is 6.54 Å². The smallest absolute Gasteiger partial charge is 0.246 e. The molecular formula is C15H26N2O2. The number of piperazine rings is 1. The predicted molar refractivity (Wildman–Crippen MR) is 76.5 cm³/mol. The van der Waals surface area contributed by atoms with Crippen molar-refractivity contribution in [3.05, 3.63) is 12.7 Å². The summed E-state index contributed by atoms with van der Waals surface area (Å²) in [6.45, 7) is 14.1. The molecule has 0 aromatic heterocycles. The van der Waals surface area contributed by atoms with Gasteiger partial charge in [0, 0.05) is 6.54 Å². The fourth-order valence-electron chi connectivity index (χ4n) is 2.39. The van der Waals surface area contributed by atoms with Gasteiger partial charge in [-0.15, -0.1) is 6.58 Å². The molecule has 1 N–H and O–H groups in total. The largest absolute Gasteiger partial charge is 0.342 e. The van der Waals surface area contributed by atoms with E-state index in [1.165, 1.54) is 0 Å². The Morgan fingerprint density at radius 3 is 2.37 bits per heavy atom. The van der Waals surface area contributed by atoms with E-state index in [-0.39, 0.29) is 23.3 Å². The maximum atomic E-state index is 12.6. The Morgan fingerprint density at radius 2 is 1.95 bits per heavy atom. The minimum absolute atomic E-state index is 0.00218. The molecule has 1 rings (SSSR count). The Balaban J connectivity index is 3.02. The van der Waals surface area contributed by atoms with E-state index in [4.69, 9.17) is 0 Å². The van der Waals surface area contributed by atoms with Crippen molar-refractivity contribution in [3.63, 3.8) is 0 Å². The highest BCUT2D eigenvalue weighted by molar-refractivity contribution is 5.97. The summed E-state index contributed by atoms with van der Waals surface area (Å²) in [4.78, 5) is 26.5. The van der Waals surface area contributed by atoms with Crippen LogP contribution in [-0.2, 0) is 9.59 Å². The van der Waals surface area contributed by atoms with Gasteiger partial charge in [0.15, 0.2) is 0 Å². The van der Waals surface area contributed by atoms with E-state index in [1.54, 1.807) is 11.0 Å². The summed E-state index contributed by atoms with van der Waals surface area (Å²) >= 11 is 0. The van der Waals surface area contributed by atoms with Crippen LogP contribution < -0.4 is 5.32 Å². The van der Waals surface area contributed by atoms with Crippen LogP contribution in [0.2, 0.25) is 0 Å². The molecule has 0 saturated carbocycles. The first kappa shape index (κ1) is 15.7. The van der Waals surface area contributed by atoms with Gasteiger partial charge in [0.25, 0.3) is 0 Å². The van der Waals surface area contributed by atoms with Crippen LogP contribution in [0.1, 0.15) is 41.0 Å². The quantitative estimate of drug-likeness (QED) is 0.791. The van der Waals surface area contributed by atoms with Crippen LogP contribution in [0.5, 0.6) is 0 Å². The van der Waals surface area contributed by atoms with Crippen molar-refractivity contribution in [1.82, 2.24) is 10.2 Å². The lowest BCUT2D eigenvalue weighted by Gasteiger charge is -2.43. The third-order valence-electron chi connectivity index (χ3n) is 3.38. The molecule has 4 nitrogen and oxygen atoms in total. The molecule has 0 aromatic rings. The molecule has 0 bridgehead atoms. The number of nitrogens with one attached hydrogen (secondary N) is 1. The second-order valence-electron chi connectivity index (χ2n) is 6.73. The number of hydrogen-bond acceptors (Lipinski definition) is 2. The molecule has 4 heteroatoms. The van der Waals surface area contributed by atoms with Crippen LogP contribution >= 0.6 is 0 Å². The summed E-state index contributed by atoms with van der Waals surface area (Å²) in [7, 11) is 0. The van der Waals surface area contributed by atoms with E-state index >= 15 is 0 Å². The van der Waals surface area contributed by atoms with Gasteiger partial charge in [0.1, 0.15) is 12.1 Å². The Labute approximate surface area is 116 Å². The van der Waals surface area contributed by atoms with E-state index in [2.05, 4.69) is 25.7 Å². The molecule has 0 spiro atoms. The summed E-state index contributed by atoms with van der Waals surface area (Å²) in [6, 6.07) is -0.826. The highest BCUT2D eigenvalue weighted by Crippen LogP contribution is 2.26. The second kappa shape index (κ2) is 5.76. The molecule has 1 aliphatic rings.